The third kappa shape index (κ3) is 4.97. The van der Waals surface area contributed by atoms with Crippen LogP contribution in [0.2, 0.25) is 5.02 Å². The molecule has 1 atom stereocenters. The van der Waals surface area contributed by atoms with Gasteiger partial charge in [-0.1, -0.05) is 48.0 Å². The molecule has 3 aromatic rings. The van der Waals surface area contributed by atoms with Gasteiger partial charge in [-0.15, -0.1) is 23.1 Å². The Morgan fingerprint density at radius 3 is 2.38 bits per heavy atom. The Hall–Kier alpha value is -2.08. The first-order valence-electron chi connectivity index (χ1n) is 7.93. The third-order valence-corrected chi connectivity index (χ3v) is 5.92. The Bertz CT molecular complexity index is 865. The van der Waals surface area contributed by atoms with E-state index in [0.29, 0.717) is 21.2 Å². The van der Waals surface area contributed by atoms with Gasteiger partial charge >= 0.3 is 0 Å². The predicted octanol–water partition coefficient (Wildman–Crippen LogP) is 5.27. The van der Waals surface area contributed by atoms with Crippen LogP contribution in [-0.2, 0) is 5.75 Å². The molecule has 0 saturated carbocycles. The van der Waals surface area contributed by atoms with Gasteiger partial charge in [0.1, 0.15) is 5.37 Å². The van der Waals surface area contributed by atoms with E-state index in [1.807, 2.05) is 41.8 Å². The highest BCUT2D eigenvalue weighted by Gasteiger charge is 2.23. The molecular formula is C20H16ClNO2S2. The molecule has 3 nitrogen and oxygen atoms in total. The van der Waals surface area contributed by atoms with Crippen molar-refractivity contribution in [2.24, 2.45) is 0 Å². The molecule has 0 saturated heterocycles. The van der Waals surface area contributed by atoms with Crippen LogP contribution in [0.4, 0.5) is 0 Å². The molecule has 0 aliphatic carbocycles. The van der Waals surface area contributed by atoms with E-state index in [2.05, 4.69) is 5.32 Å². The number of rotatable bonds is 7. The van der Waals surface area contributed by atoms with Crippen molar-refractivity contribution in [3.63, 3.8) is 0 Å². The topological polar surface area (TPSA) is 46.2 Å². The molecule has 1 amide bonds. The van der Waals surface area contributed by atoms with Crippen molar-refractivity contribution < 1.29 is 9.59 Å². The lowest BCUT2D eigenvalue weighted by molar-refractivity contribution is 0.0894. The molecule has 0 unspecified atom stereocenters. The molecule has 132 valence electrons. The highest BCUT2D eigenvalue weighted by atomic mass is 35.5. The summed E-state index contributed by atoms with van der Waals surface area (Å²) in [4.78, 5) is 25.9. The number of hydrogen-bond donors (Lipinski definition) is 1. The van der Waals surface area contributed by atoms with Crippen molar-refractivity contribution in [1.82, 2.24) is 5.32 Å². The first-order valence-corrected chi connectivity index (χ1v) is 10.2. The number of ketones is 1. The Kier molecular flexibility index (Phi) is 6.50. The van der Waals surface area contributed by atoms with E-state index in [4.69, 9.17) is 11.6 Å². The Balaban J connectivity index is 1.76. The molecular weight excluding hydrogens is 386 g/mol. The van der Waals surface area contributed by atoms with Crippen LogP contribution in [0.1, 0.15) is 25.6 Å². The number of hydrogen-bond acceptors (Lipinski definition) is 4. The summed E-state index contributed by atoms with van der Waals surface area (Å²) in [6, 6.07) is 20.1. The van der Waals surface area contributed by atoms with E-state index in [0.717, 1.165) is 5.56 Å². The normalized spacial score (nSPS) is 11.7. The maximum absolute atomic E-state index is 12.9. The fourth-order valence-corrected chi connectivity index (χ4v) is 4.08. The average Bonchev–Trinajstić information content (AvgIpc) is 3.21. The number of nitrogens with one attached hydrogen (secondary N) is 1. The van der Waals surface area contributed by atoms with E-state index in [9.17, 15) is 9.59 Å². The zero-order valence-electron chi connectivity index (χ0n) is 13.7. The summed E-state index contributed by atoms with van der Waals surface area (Å²) in [6.07, 6.45) is 0. The first kappa shape index (κ1) is 18.7. The van der Waals surface area contributed by atoms with Crippen molar-refractivity contribution in [1.29, 1.82) is 0 Å². The number of thioether (sulfide) groups is 1. The Labute approximate surface area is 165 Å². The van der Waals surface area contributed by atoms with Gasteiger partial charge in [-0.2, -0.15) is 0 Å². The summed E-state index contributed by atoms with van der Waals surface area (Å²) in [5, 5.41) is 4.58. The summed E-state index contributed by atoms with van der Waals surface area (Å²) < 4.78 is 0. The number of thiophene rings is 1. The quantitative estimate of drug-likeness (QED) is 0.433. The molecule has 3 rings (SSSR count). The van der Waals surface area contributed by atoms with Gasteiger partial charge in [0.05, 0.1) is 4.88 Å². The SMILES string of the molecule is O=C(N[C@H](SCc1ccccc1)C(=O)c1ccc(Cl)cc1)c1cccs1. The summed E-state index contributed by atoms with van der Waals surface area (Å²) in [6.45, 7) is 0. The number of halogens is 1. The van der Waals surface area contributed by atoms with Gasteiger partial charge in [0.15, 0.2) is 5.78 Å². The lowest BCUT2D eigenvalue weighted by Crippen LogP contribution is -2.38. The van der Waals surface area contributed by atoms with Gasteiger partial charge < -0.3 is 5.32 Å². The molecule has 1 N–H and O–H groups in total. The van der Waals surface area contributed by atoms with Gasteiger partial charge in [0.2, 0.25) is 0 Å². The molecule has 0 bridgehead atoms. The van der Waals surface area contributed by atoms with Crippen molar-refractivity contribution in [3.8, 4) is 0 Å². The summed E-state index contributed by atoms with van der Waals surface area (Å²) in [5.41, 5.74) is 1.61. The lowest BCUT2D eigenvalue weighted by Gasteiger charge is -2.17. The fourth-order valence-electron chi connectivity index (χ4n) is 2.30. The van der Waals surface area contributed by atoms with E-state index >= 15 is 0 Å². The molecule has 0 radical (unpaired) electrons. The number of Topliss-reactive ketones (excluding diaryl/α,β-unsaturated/α-hetero) is 1. The standard InChI is InChI=1S/C20H16ClNO2S2/c21-16-10-8-15(9-11-16)18(23)20(22-19(24)17-7-4-12-25-17)26-13-14-5-2-1-3-6-14/h1-12,20H,13H2,(H,22,24)/t20-/m1/s1. The minimum Gasteiger partial charge on any atom is -0.332 e. The smallest absolute Gasteiger partial charge is 0.262 e. The molecule has 0 spiro atoms. The second-order valence-electron chi connectivity index (χ2n) is 5.50. The zero-order valence-corrected chi connectivity index (χ0v) is 16.1. The number of carbonyl (C=O) groups is 2. The van der Waals surface area contributed by atoms with E-state index < -0.39 is 5.37 Å². The molecule has 6 heteroatoms. The van der Waals surface area contributed by atoms with Crippen LogP contribution in [0.15, 0.2) is 72.1 Å². The van der Waals surface area contributed by atoms with E-state index in [1.165, 1.54) is 23.1 Å². The van der Waals surface area contributed by atoms with Crippen LogP contribution in [0.5, 0.6) is 0 Å². The molecule has 26 heavy (non-hydrogen) atoms. The van der Waals surface area contributed by atoms with Crippen LogP contribution >= 0.6 is 34.7 Å². The van der Waals surface area contributed by atoms with E-state index in [1.54, 1.807) is 30.3 Å². The highest BCUT2D eigenvalue weighted by molar-refractivity contribution is 7.99. The molecule has 0 aliphatic heterocycles. The van der Waals surface area contributed by atoms with Crippen LogP contribution in [0, 0.1) is 0 Å². The van der Waals surface area contributed by atoms with Crippen molar-refractivity contribution in [2.45, 2.75) is 11.1 Å². The minimum atomic E-state index is -0.675. The summed E-state index contributed by atoms with van der Waals surface area (Å²) in [7, 11) is 0. The Morgan fingerprint density at radius 2 is 1.73 bits per heavy atom. The van der Waals surface area contributed by atoms with Gasteiger partial charge in [0.25, 0.3) is 5.91 Å². The second-order valence-corrected chi connectivity index (χ2v) is 7.98. The lowest BCUT2D eigenvalue weighted by atomic mass is 10.1. The maximum Gasteiger partial charge on any atom is 0.262 e. The number of carbonyl (C=O) groups excluding carboxylic acids is 2. The average molecular weight is 402 g/mol. The fraction of sp³-hybridized carbons (Fsp3) is 0.100. The number of benzene rings is 2. The van der Waals surface area contributed by atoms with Crippen molar-refractivity contribution in [2.75, 3.05) is 0 Å². The van der Waals surface area contributed by atoms with Crippen LogP contribution in [0.3, 0.4) is 0 Å². The minimum absolute atomic E-state index is 0.146. The van der Waals surface area contributed by atoms with Crippen molar-refractivity contribution >= 4 is 46.4 Å². The number of amides is 1. The molecule has 1 aromatic heterocycles. The van der Waals surface area contributed by atoms with Gasteiger partial charge in [0, 0.05) is 16.3 Å². The molecule has 2 aromatic carbocycles. The van der Waals surface area contributed by atoms with Gasteiger partial charge in [-0.25, -0.2) is 0 Å². The third-order valence-electron chi connectivity index (χ3n) is 3.63. The van der Waals surface area contributed by atoms with Gasteiger partial charge in [-0.05, 0) is 41.3 Å². The monoisotopic (exact) mass is 401 g/mol. The molecule has 0 aliphatic rings. The zero-order chi connectivity index (χ0) is 18.4. The maximum atomic E-state index is 12.9. The summed E-state index contributed by atoms with van der Waals surface area (Å²) in [5.74, 6) is 0.232. The largest absolute Gasteiger partial charge is 0.332 e. The van der Waals surface area contributed by atoms with E-state index in [-0.39, 0.29) is 11.7 Å². The Morgan fingerprint density at radius 1 is 1.00 bits per heavy atom. The van der Waals surface area contributed by atoms with Gasteiger partial charge in [-0.3, -0.25) is 9.59 Å². The predicted molar refractivity (Wildman–Crippen MR) is 109 cm³/mol. The van der Waals surface area contributed by atoms with Crippen molar-refractivity contribution in [3.05, 3.63) is 93.1 Å². The van der Waals surface area contributed by atoms with Crippen LogP contribution in [0.25, 0.3) is 0 Å². The molecule has 0 fully saturated rings. The molecule has 1 heterocycles. The highest BCUT2D eigenvalue weighted by Crippen LogP contribution is 2.22. The van der Waals surface area contributed by atoms with Crippen LogP contribution < -0.4 is 5.32 Å². The first-order chi connectivity index (χ1) is 12.6. The summed E-state index contributed by atoms with van der Waals surface area (Å²) >= 11 is 8.65. The second kappa shape index (κ2) is 9.03. The van der Waals surface area contributed by atoms with Crippen LogP contribution in [-0.4, -0.2) is 17.1 Å².